The van der Waals surface area contributed by atoms with Gasteiger partial charge in [0.05, 0.1) is 11.1 Å². The van der Waals surface area contributed by atoms with Gasteiger partial charge in [-0.2, -0.15) is 18.2 Å². The highest BCUT2D eigenvalue weighted by atomic mass is 32.2. The van der Waals surface area contributed by atoms with Crippen molar-refractivity contribution in [3.8, 4) is 11.4 Å². The number of thioether (sulfide) groups is 1. The number of benzene rings is 2. The number of aromatic nitrogens is 2. The van der Waals surface area contributed by atoms with Gasteiger partial charge in [0.2, 0.25) is 5.96 Å². The van der Waals surface area contributed by atoms with Crippen molar-refractivity contribution in [3.63, 3.8) is 0 Å². The van der Waals surface area contributed by atoms with Crippen LogP contribution in [0.3, 0.4) is 0 Å². The van der Waals surface area contributed by atoms with Crippen LogP contribution in [0.5, 0.6) is 0 Å². The summed E-state index contributed by atoms with van der Waals surface area (Å²) < 4.78 is 40.6. The number of para-hydroxylation sites is 1. The van der Waals surface area contributed by atoms with Crippen LogP contribution < -0.4 is 11.1 Å². The van der Waals surface area contributed by atoms with Crippen LogP contribution in [-0.2, 0) is 6.18 Å². The standard InChI is InChI=1S/C21H21F3N6S/c1-3-12-26-20(31-2)30-19(25)29-18-14-9-5-7-11-16(14)27-17(28-18)13-8-4-6-10-15(13)21(22,23)24/h4-11H,3,12H2,1-2H3,(H3,25,26,27,28,29,30). The summed E-state index contributed by atoms with van der Waals surface area (Å²) in [5.41, 5.74) is 5.59. The van der Waals surface area contributed by atoms with E-state index in [1.54, 1.807) is 24.3 Å². The molecule has 162 valence electrons. The highest BCUT2D eigenvalue weighted by Crippen LogP contribution is 2.36. The highest BCUT2D eigenvalue weighted by molar-refractivity contribution is 8.13. The van der Waals surface area contributed by atoms with Gasteiger partial charge < -0.3 is 11.1 Å². The lowest BCUT2D eigenvalue weighted by atomic mass is 10.1. The Kier molecular flexibility index (Phi) is 7.11. The van der Waals surface area contributed by atoms with Crippen LogP contribution in [0.1, 0.15) is 18.9 Å². The van der Waals surface area contributed by atoms with Crippen LogP contribution in [-0.4, -0.2) is 33.9 Å². The first-order valence-corrected chi connectivity index (χ1v) is 10.7. The number of hydrogen-bond donors (Lipinski definition) is 2. The smallest absolute Gasteiger partial charge is 0.369 e. The zero-order valence-corrected chi connectivity index (χ0v) is 17.8. The number of aliphatic imine (C=N–C) groups is 2. The van der Waals surface area contributed by atoms with Gasteiger partial charge in [0.15, 0.2) is 11.0 Å². The molecule has 0 spiro atoms. The van der Waals surface area contributed by atoms with E-state index in [-0.39, 0.29) is 23.2 Å². The Morgan fingerprint density at radius 2 is 1.81 bits per heavy atom. The summed E-state index contributed by atoms with van der Waals surface area (Å²) in [6.07, 6.45) is -1.84. The second kappa shape index (κ2) is 9.78. The molecule has 0 fully saturated rings. The first-order chi connectivity index (χ1) is 14.8. The van der Waals surface area contributed by atoms with E-state index in [0.717, 1.165) is 12.5 Å². The highest BCUT2D eigenvalue weighted by Gasteiger charge is 2.34. The molecule has 10 heteroatoms. The van der Waals surface area contributed by atoms with Gasteiger partial charge in [0, 0.05) is 17.5 Å². The Balaban J connectivity index is 2.10. The van der Waals surface area contributed by atoms with Crippen molar-refractivity contribution in [1.29, 1.82) is 0 Å². The van der Waals surface area contributed by atoms with E-state index in [2.05, 4.69) is 25.3 Å². The molecular formula is C21H21F3N6S. The van der Waals surface area contributed by atoms with E-state index in [1.807, 2.05) is 13.2 Å². The lowest BCUT2D eigenvalue weighted by molar-refractivity contribution is -0.137. The van der Waals surface area contributed by atoms with E-state index in [0.29, 0.717) is 22.6 Å². The minimum absolute atomic E-state index is 0.0307. The van der Waals surface area contributed by atoms with Crippen molar-refractivity contribution < 1.29 is 13.2 Å². The van der Waals surface area contributed by atoms with E-state index < -0.39 is 11.7 Å². The zero-order valence-electron chi connectivity index (χ0n) is 16.9. The lowest BCUT2D eigenvalue weighted by Crippen LogP contribution is -2.24. The van der Waals surface area contributed by atoms with Crippen LogP contribution >= 0.6 is 11.8 Å². The zero-order chi connectivity index (χ0) is 22.4. The number of fused-ring (bicyclic) bond motifs is 1. The van der Waals surface area contributed by atoms with Crippen LogP contribution in [0.4, 0.5) is 19.0 Å². The third kappa shape index (κ3) is 5.52. The first-order valence-electron chi connectivity index (χ1n) is 9.46. The summed E-state index contributed by atoms with van der Waals surface area (Å²) in [6, 6.07) is 12.2. The molecule has 0 unspecified atom stereocenters. The summed E-state index contributed by atoms with van der Waals surface area (Å²) in [7, 11) is 0. The molecule has 0 aliphatic rings. The van der Waals surface area contributed by atoms with Gasteiger partial charge in [0.1, 0.15) is 5.82 Å². The number of halogens is 3. The monoisotopic (exact) mass is 446 g/mol. The number of guanidine groups is 1. The molecule has 0 atom stereocenters. The number of nitrogens with one attached hydrogen (secondary N) is 1. The number of nitrogens with two attached hydrogens (primary N) is 1. The fourth-order valence-corrected chi connectivity index (χ4v) is 3.23. The van der Waals surface area contributed by atoms with E-state index in [4.69, 9.17) is 5.73 Å². The topological polar surface area (TPSA) is 88.5 Å². The van der Waals surface area contributed by atoms with Gasteiger partial charge in [-0.15, -0.1) is 0 Å². The van der Waals surface area contributed by atoms with Gasteiger partial charge in [-0.25, -0.2) is 9.97 Å². The quantitative estimate of drug-likeness (QED) is 0.426. The van der Waals surface area contributed by atoms with E-state index >= 15 is 0 Å². The number of anilines is 1. The van der Waals surface area contributed by atoms with Crippen LogP contribution in [0.15, 0.2) is 58.5 Å². The average Bonchev–Trinajstić information content (AvgIpc) is 2.76. The Hall–Kier alpha value is -3.14. The molecule has 31 heavy (non-hydrogen) atoms. The van der Waals surface area contributed by atoms with Gasteiger partial charge in [-0.05, 0) is 30.9 Å². The van der Waals surface area contributed by atoms with E-state index in [9.17, 15) is 13.2 Å². The molecule has 0 saturated heterocycles. The summed E-state index contributed by atoms with van der Waals surface area (Å²) in [5.74, 6) is 0.226. The number of nitrogens with zero attached hydrogens (tertiary/aromatic N) is 4. The molecule has 1 heterocycles. The third-order valence-corrected chi connectivity index (χ3v) is 4.78. The predicted octanol–water partition coefficient (Wildman–Crippen LogP) is 5.17. The lowest BCUT2D eigenvalue weighted by Gasteiger charge is -2.14. The summed E-state index contributed by atoms with van der Waals surface area (Å²) in [4.78, 5) is 17.3. The molecule has 0 bridgehead atoms. The predicted molar refractivity (Wildman–Crippen MR) is 121 cm³/mol. The van der Waals surface area contributed by atoms with E-state index in [1.165, 1.54) is 30.0 Å². The molecule has 3 aromatic rings. The molecular weight excluding hydrogens is 425 g/mol. The number of alkyl halides is 3. The first kappa shape index (κ1) is 22.5. The molecule has 0 saturated carbocycles. The summed E-state index contributed by atoms with van der Waals surface area (Å²) >= 11 is 1.34. The molecule has 6 nitrogen and oxygen atoms in total. The van der Waals surface area contributed by atoms with Crippen molar-refractivity contribution in [2.75, 3.05) is 18.1 Å². The number of rotatable bonds is 4. The number of amidine groups is 1. The normalized spacial score (nSPS) is 12.9. The van der Waals surface area contributed by atoms with Crippen molar-refractivity contribution in [1.82, 2.24) is 9.97 Å². The molecule has 3 N–H and O–H groups in total. The Labute approximate surface area is 181 Å². The fourth-order valence-electron chi connectivity index (χ4n) is 2.82. The maximum Gasteiger partial charge on any atom is 0.417 e. The van der Waals surface area contributed by atoms with Crippen LogP contribution in [0, 0.1) is 0 Å². The maximum absolute atomic E-state index is 13.5. The van der Waals surface area contributed by atoms with Crippen LogP contribution in [0.25, 0.3) is 22.3 Å². The van der Waals surface area contributed by atoms with Crippen molar-refractivity contribution >= 4 is 39.6 Å². The molecule has 0 aliphatic carbocycles. The molecule has 0 amide bonds. The Morgan fingerprint density at radius 1 is 1.10 bits per heavy atom. The minimum Gasteiger partial charge on any atom is -0.369 e. The molecule has 0 radical (unpaired) electrons. The van der Waals surface area contributed by atoms with Gasteiger partial charge in [0.25, 0.3) is 0 Å². The Bertz CT molecular complexity index is 1130. The molecule has 1 aromatic heterocycles. The largest absolute Gasteiger partial charge is 0.417 e. The van der Waals surface area contributed by atoms with Crippen molar-refractivity contribution in [2.45, 2.75) is 19.5 Å². The second-order valence-electron chi connectivity index (χ2n) is 6.45. The minimum atomic E-state index is -4.54. The second-order valence-corrected chi connectivity index (χ2v) is 7.22. The fraction of sp³-hybridized carbons (Fsp3) is 0.238. The summed E-state index contributed by atoms with van der Waals surface area (Å²) in [6.45, 7) is 2.61. The SMILES string of the molecule is CCCN=C(N=C(N)Nc1nc(-c2ccccc2C(F)(F)F)nc2ccccc12)SC. The van der Waals surface area contributed by atoms with Crippen molar-refractivity contribution in [2.24, 2.45) is 15.7 Å². The maximum atomic E-state index is 13.5. The van der Waals surface area contributed by atoms with Gasteiger partial charge >= 0.3 is 6.18 Å². The molecule has 3 rings (SSSR count). The average molecular weight is 447 g/mol. The van der Waals surface area contributed by atoms with Gasteiger partial charge in [-0.3, -0.25) is 4.99 Å². The summed E-state index contributed by atoms with van der Waals surface area (Å²) in [5, 5.41) is 3.99. The third-order valence-electron chi connectivity index (χ3n) is 4.19. The van der Waals surface area contributed by atoms with Crippen molar-refractivity contribution in [3.05, 3.63) is 54.1 Å². The Morgan fingerprint density at radius 3 is 2.52 bits per heavy atom. The van der Waals surface area contributed by atoms with Crippen LogP contribution in [0.2, 0.25) is 0 Å². The number of hydrogen-bond acceptors (Lipinski definition) is 4. The molecule has 2 aromatic carbocycles. The van der Waals surface area contributed by atoms with Gasteiger partial charge in [-0.1, -0.05) is 49.0 Å². The molecule has 0 aliphatic heterocycles.